The van der Waals surface area contributed by atoms with Crippen LogP contribution in [0.25, 0.3) is 11.3 Å². The molecule has 29 heavy (non-hydrogen) atoms. The topological polar surface area (TPSA) is 90.4 Å². The van der Waals surface area contributed by atoms with E-state index >= 15 is 0 Å². The molecule has 1 amide bonds. The Hall–Kier alpha value is -3.33. The highest BCUT2D eigenvalue weighted by molar-refractivity contribution is 7.14. The monoisotopic (exact) mass is 415 g/mol. The van der Waals surface area contributed by atoms with Crippen molar-refractivity contribution >= 4 is 28.3 Å². The predicted octanol–water partition coefficient (Wildman–Crippen LogP) is 4.09. The number of pyridine rings is 1. The largest absolute Gasteiger partial charge is 0.494 e. The van der Waals surface area contributed by atoms with Crippen LogP contribution in [0.2, 0.25) is 0 Å². The second-order valence-electron chi connectivity index (χ2n) is 5.89. The number of aryl methyl sites for hydroxylation is 1. The minimum absolute atomic E-state index is 0.141. The van der Waals surface area contributed by atoms with Gasteiger partial charge in [0, 0.05) is 10.9 Å². The van der Waals surface area contributed by atoms with Gasteiger partial charge in [0.05, 0.1) is 30.7 Å². The number of esters is 1. The average molecular weight is 415 g/mol. The molecule has 0 aliphatic rings. The molecule has 3 aromatic rings. The van der Waals surface area contributed by atoms with Crippen molar-refractivity contribution in [3.8, 4) is 17.0 Å². The number of aromatic nitrogens is 2. The Kier molecular flexibility index (Phi) is 6.18. The molecule has 2 aromatic heterocycles. The van der Waals surface area contributed by atoms with E-state index in [9.17, 15) is 14.0 Å². The summed E-state index contributed by atoms with van der Waals surface area (Å²) in [6.45, 7) is 3.60. The zero-order chi connectivity index (χ0) is 21.0. The summed E-state index contributed by atoms with van der Waals surface area (Å²) in [6, 6.07) is 7.46. The summed E-state index contributed by atoms with van der Waals surface area (Å²) in [5, 5.41) is 4.71. The number of nitrogens with one attached hydrogen (secondary N) is 1. The number of thiazole rings is 1. The van der Waals surface area contributed by atoms with Gasteiger partial charge in [0.1, 0.15) is 5.69 Å². The lowest BCUT2D eigenvalue weighted by atomic mass is 10.1. The fraction of sp³-hybridized carbons (Fsp3) is 0.200. The number of hydrogen-bond donors (Lipinski definition) is 1. The lowest BCUT2D eigenvalue weighted by Gasteiger charge is -2.07. The molecule has 150 valence electrons. The summed E-state index contributed by atoms with van der Waals surface area (Å²) in [7, 11) is 1.39. The maximum absolute atomic E-state index is 13.9. The van der Waals surface area contributed by atoms with Gasteiger partial charge in [-0.3, -0.25) is 10.1 Å². The van der Waals surface area contributed by atoms with Crippen LogP contribution >= 0.6 is 11.3 Å². The third-order valence-electron chi connectivity index (χ3n) is 3.99. The van der Waals surface area contributed by atoms with Crippen molar-refractivity contribution in [3.63, 3.8) is 0 Å². The first-order valence-corrected chi connectivity index (χ1v) is 9.56. The second kappa shape index (κ2) is 8.78. The summed E-state index contributed by atoms with van der Waals surface area (Å²) in [5.74, 6) is -1.30. The van der Waals surface area contributed by atoms with Gasteiger partial charge in [-0.15, -0.1) is 11.3 Å². The van der Waals surface area contributed by atoms with Crippen LogP contribution in [0.1, 0.15) is 33.5 Å². The van der Waals surface area contributed by atoms with Crippen LogP contribution in [-0.4, -0.2) is 35.6 Å². The van der Waals surface area contributed by atoms with Gasteiger partial charge in [0.15, 0.2) is 16.7 Å². The SMILES string of the molecule is CCOC(=O)c1ccc(C(=O)Nc2nc(-c3ccc(OC)c(F)c3)cs2)nc1C. The zero-order valence-electron chi connectivity index (χ0n) is 16.0. The van der Waals surface area contributed by atoms with E-state index in [-0.39, 0.29) is 18.1 Å². The number of nitrogens with zero attached hydrogens (tertiary/aromatic N) is 2. The Morgan fingerprint density at radius 3 is 2.66 bits per heavy atom. The number of ether oxygens (including phenoxy) is 2. The smallest absolute Gasteiger partial charge is 0.339 e. The molecule has 9 heteroatoms. The van der Waals surface area contributed by atoms with E-state index in [1.165, 1.54) is 42.7 Å². The Morgan fingerprint density at radius 2 is 2.00 bits per heavy atom. The number of rotatable bonds is 6. The number of anilines is 1. The van der Waals surface area contributed by atoms with Crippen molar-refractivity contribution in [2.24, 2.45) is 0 Å². The van der Waals surface area contributed by atoms with Gasteiger partial charge >= 0.3 is 5.97 Å². The van der Waals surface area contributed by atoms with Crippen LogP contribution in [0.3, 0.4) is 0 Å². The Balaban J connectivity index is 1.74. The molecular formula is C20H18FN3O4S. The first kappa shape index (κ1) is 20.4. The van der Waals surface area contributed by atoms with Crippen LogP contribution in [0, 0.1) is 12.7 Å². The molecule has 0 atom stereocenters. The number of carbonyl (C=O) groups excluding carboxylic acids is 2. The maximum atomic E-state index is 13.9. The molecule has 3 rings (SSSR count). The third kappa shape index (κ3) is 4.57. The molecule has 0 fully saturated rings. The fourth-order valence-corrected chi connectivity index (χ4v) is 3.28. The van der Waals surface area contributed by atoms with E-state index in [1.807, 2.05) is 0 Å². The number of halogens is 1. The normalized spacial score (nSPS) is 10.5. The number of methoxy groups -OCH3 is 1. The molecule has 0 saturated carbocycles. The molecule has 0 unspecified atom stereocenters. The number of benzene rings is 1. The highest BCUT2D eigenvalue weighted by atomic mass is 32.1. The van der Waals surface area contributed by atoms with E-state index in [2.05, 4.69) is 15.3 Å². The summed E-state index contributed by atoms with van der Waals surface area (Å²) in [5.41, 5.74) is 1.93. The van der Waals surface area contributed by atoms with Crippen molar-refractivity contribution in [2.75, 3.05) is 19.0 Å². The van der Waals surface area contributed by atoms with Gasteiger partial charge < -0.3 is 9.47 Å². The van der Waals surface area contributed by atoms with Crippen molar-refractivity contribution in [1.82, 2.24) is 9.97 Å². The number of hydrogen-bond acceptors (Lipinski definition) is 7. The molecular weight excluding hydrogens is 397 g/mol. The quantitative estimate of drug-likeness (QED) is 0.610. The highest BCUT2D eigenvalue weighted by Gasteiger charge is 2.16. The minimum Gasteiger partial charge on any atom is -0.494 e. The Labute approximate surface area is 170 Å². The van der Waals surface area contributed by atoms with Gasteiger partial charge in [0.2, 0.25) is 0 Å². The zero-order valence-corrected chi connectivity index (χ0v) is 16.8. The van der Waals surface area contributed by atoms with E-state index in [0.29, 0.717) is 27.6 Å². The Morgan fingerprint density at radius 1 is 1.21 bits per heavy atom. The molecule has 2 heterocycles. The molecule has 1 N–H and O–H groups in total. The van der Waals surface area contributed by atoms with Gasteiger partial charge in [-0.2, -0.15) is 0 Å². The van der Waals surface area contributed by atoms with Crippen LogP contribution in [-0.2, 0) is 4.74 Å². The highest BCUT2D eigenvalue weighted by Crippen LogP contribution is 2.28. The summed E-state index contributed by atoms with van der Waals surface area (Å²) < 4.78 is 23.7. The number of carbonyl (C=O) groups is 2. The van der Waals surface area contributed by atoms with Crippen LogP contribution in [0.4, 0.5) is 9.52 Å². The third-order valence-corrected chi connectivity index (χ3v) is 4.74. The first-order chi connectivity index (χ1) is 13.9. The molecule has 0 saturated heterocycles. The first-order valence-electron chi connectivity index (χ1n) is 8.68. The summed E-state index contributed by atoms with van der Waals surface area (Å²) in [4.78, 5) is 32.8. The lowest BCUT2D eigenvalue weighted by Crippen LogP contribution is -2.16. The van der Waals surface area contributed by atoms with Gasteiger partial charge in [-0.1, -0.05) is 0 Å². The minimum atomic E-state index is -0.495. The van der Waals surface area contributed by atoms with E-state index < -0.39 is 17.7 Å². The molecule has 7 nitrogen and oxygen atoms in total. The van der Waals surface area contributed by atoms with Crippen molar-refractivity contribution in [3.05, 3.63) is 58.5 Å². The number of amides is 1. The summed E-state index contributed by atoms with van der Waals surface area (Å²) >= 11 is 1.20. The Bertz CT molecular complexity index is 1070. The van der Waals surface area contributed by atoms with Crippen LogP contribution < -0.4 is 10.1 Å². The van der Waals surface area contributed by atoms with E-state index in [0.717, 1.165) is 0 Å². The lowest BCUT2D eigenvalue weighted by molar-refractivity contribution is 0.0524. The summed E-state index contributed by atoms with van der Waals surface area (Å²) in [6.07, 6.45) is 0. The molecule has 0 bridgehead atoms. The van der Waals surface area contributed by atoms with Crippen LogP contribution in [0.5, 0.6) is 5.75 Å². The van der Waals surface area contributed by atoms with Crippen LogP contribution in [0.15, 0.2) is 35.7 Å². The maximum Gasteiger partial charge on any atom is 0.339 e. The van der Waals surface area contributed by atoms with Crippen molar-refractivity contribution in [2.45, 2.75) is 13.8 Å². The molecule has 1 aromatic carbocycles. The van der Waals surface area contributed by atoms with Gasteiger partial charge in [0.25, 0.3) is 5.91 Å². The predicted molar refractivity (Wildman–Crippen MR) is 107 cm³/mol. The molecule has 0 spiro atoms. The molecule has 0 radical (unpaired) electrons. The van der Waals surface area contributed by atoms with E-state index in [1.54, 1.807) is 25.3 Å². The fourth-order valence-electron chi connectivity index (χ4n) is 2.56. The standard InChI is InChI=1S/C20H18FN3O4S/c1-4-28-19(26)13-6-7-15(22-11(13)2)18(25)24-20-23-16(10-29-20)12-5-8-17(27-3)14(21)9-12/h5-10H,4H2,1-3H3,(H,23,24,25). The molecule has 0 aliphatic carbocycles. The van der Waals surface area contributed by atoms with Crippen molar-refractivity contribution < 1.29 is 23.5 Å². The average Bonchev–Trinajstić information content (AvgIpc) is 3.16. The van der Waals surface area contributed by atoms with Gasteiger partial charge in [-0.25, -0.2) is 19.2 Å². The molecule has 0 aliphatic heterocycles. The second-order valence-corrected chi connectivity index (χ2v) is 6.75. The van der Waals surface area contributed by atoms with Crippen molar-refractivity contribution in [1.29, 1.82) is 0 Å². The van der Waals surface area contributed by atoms with Gasteiger partial charge in [-0.05, 0) is 44.2 Å². The van der Waals surface area contributed by atoms with E-state index in [4.69, 9.17) is 9.47 Å².